The van der Waals surface area contributed by atoms with E-state index in [-0.39, 0.29) is 29.8 Å². The van der Waals surface area contributed by atoms with Crippen LogP contribution < -0.4 is 4.72 Å². The van der Waals surface area contributed by atoms with Crippen LogP contribution >= 0.6 is 0 Å². The molecule has 1 amide bonds. The van der Waals surface area contributed by atoms with Gasteiger partial charge in [0.2, 0.25) is 15.9 Å². The van der Waals surface area contributed by atoms with E-state index in [0.717, 1.165) is 29.5 Å². The van der Waals surface area contributed by atoms with Crippen LogP contribution in [0.2, 0.25) is 0 Å². The van der Waals surface area contributed by atoms with E-state index < -0.39 is 10.0 Å². The van der Waals surface area contributed by atoms with Crippen molar-refractivity contribution >= 4 is 15.9 Å². The highest BCUT2D eigenvalue weighted by Crippen LogP contribution is 2.35. The molecule has 6 nitrogen and oxygen atoms in total. The summed E-state index contributed by atoms with van der Waals surface area (Å²) in [5, 5.41) is 0. The van der Waals surface area contributed by atoms with Crippen molar-refractivity contribution in [3.05, 3.63) is 60.2 Å². The van der Waals surface area contributed by atoms with Gasteiger partial charge in [-0.15, -0.1) is 0 Å². The van der Waals surface area contributed by atoms with Gasteiger partial charge in [0.05, 0.1) is 6.04 Å². The molecule has 1 saturated heterocycles. The number of benzene rings is 2. The van der Waals surface area contributed by atoms with E-state index in [1.807, 2.05) is 35.2 Å². The van der Waals surface area contributed by atoms with E-state index in [1.165, 1.54) is 7.11 Å². The fraction of sp³-hybridized carbons (Fsp3) is 0.435. The monoisotopic (exact) mass is 428 g/mol. The van der Waals surface area contributed by atoms with Crippen LogP contribution in [0.25, 0.3) is 11.1 Å². The molecule has 1 saturated carbocycles. The van der Waals surface area contributed by atoms with Crippen LogP contribution in [0.15, 0.2) is 54.6 Å². The molecule has 0 bridgehead atoms. The molecule has 4 rings (SSSR count). The Morgan fingerprint density at radius 2 is 1.80 bits per heavy atom. The molecule has 2 aromatic rings. The zero-order chi connectivity index (χ0) is 21.1. The smallest absolute Gasteiger partial charge is 0.236 e. The Morgan fingerprint density at radius 1 is 1.07 bits per heavy atom. The first-order chi connectivity index (χ1) is 14.5. The van der Waals surface area contributed by atoms with Crippen LogP contribution in [0.1, 0.15) is 24.8 Å². The molecule has 0 spiro atoms. The highest BCUT2D eigenvalue weighted by Gasteiger charge is 2.43. The van der Waals surface area contributed by atoms with E-state index in [1.54, 1.807) is 0 Å². The van der Waals surface area contributed by atoms with Crippen LogP contribution in [0.3, 0.4) is 0 Å². The van der Waals surface area contributed by atoms with Crippen molar-refractivity contribution in [3.63, 3.8) is 0 Å². The van der Waals surface area contributed by atoms with Gasteiger partial charge in [-0.2, -0.15) is 0 Å². The molecule has 2 aromatic carbocycles. The number of carbonyl (C=O) groups is 1. The first-order valence-electron chi connectivity index (χ1n) is 10.4. The fourth-order valence-electron chi connectivity index (χ4n) is 4.25. The summed E-state index contributed by atoms with van der Waals surface area (Å²) in [6.45, 7) is 0.582. The Labute approximate surface area is 178 Å². The third kappa shape index (κ3) is 4.91. The second-order valence-electron chi connectivity index (χ2n) is 8.18. The van der Waals surface area contributed by atoms with Gasteiger partial charge >= 0.3 is 0 Å². The number of amides is 1. The first kappa shape index (κ1) is 21.0. The predicted molar refractivity (Wildman–Crippen MR) is 116 cm³/mol. The molecule has 30 heavy (non-hydrogen) atoms. The lowest BCUT2D eigenvalue weighted by molar-refractivity contribution is -0.133. The number of hydrogen-bond donors (Lipinski definition) is 1. The number of ether oxygens (including phenoxy) is 1. The average molecular weight is 429 g/mol. The Balaban J connectivity index is 1.58. The minimum Gasteiger partial charge on any atom is -0.367 e. The molecule has 0 unspecified atom stereocenters. The van der Waals surface area contributed by atoms with Crippen LogP contribution in [0.4, 0.5) is 0 Å². The largest absolute Gasteiger partial charge is 0.367 e. The maximum atomic E-state index is 12.9. The SMILES string of the molecule is COCS(=O)(=O)N[C@@H]1CCN(C(=O)C2CC2)[C@@H]1Cc1cccc(-c2ccccc2)c1. The number of sulfonamides is 1. The minimum absolute atomic E-state index is 0.109. The number of carbonyl (C=O) groups excluding carboxylic acids is 1. The van der Waals surface area contributed by atoms with Gasteiger partial charge in [0.1, 0.15) is 0 Å². The molecular weight excluding hydrogens is 400 g/mol. The second kappa shape index (κ2) is 8.88. The lowest BCUT2D eigenvalue weighted by Gasteiger charge is -2.29. The summed E-state index contributed by atoms with van der Waals surface area (Å²) < 4.78 is 32.2. The molecule has 2 aliphatic rings. The number of nitrogens with one attached hydrogen (secondary N) is 1. The summed E-state index contributed by atoms with van der Waals surface area (Å²) in [6.07, 6.45) is 3.10. The van der Waals surface area contributed by atoms with Crippen molar-refractivity contribution in [3.8, 4) is 11.1 Å². The lowest BCUT2D eigenvalue weighted by atomic mass is 9.97. The molecule has 1 aliphatic heterocycles. The number of hydrogen-bond acceptors (Lipinski definition) is 4. The van der Waals surface area contributed by atoms with Gasteiger partial charge in [-0.3, -0.25) is 4.79 Å². The van der Waals surface area contributed by atoms with Crippen molar-refractivity contribution in [2.45, 2.75) is 37.8 Å². The average Bonchev–Trinajstić information content (AvgIpc) is 3.52. The minimum atomic E-state index is -3.56. The molecule has 2 fully saturated rings. The highest BCUT2D eigenvalue weighted by molar-refractivity contribution is 7.89. The number of rotatable bonds is 8. The summed E-state index contributed by atoms with van der Waals surface area (Å²) in [5.41, 5.74) is 3.34. The Morgan fingerprint density at radius 3 is 2.50 bits per heavy atom. The molecule has 1 aliphatic carbocycles. The molecule has 1 N–H and O–H groups in total. The summed E-state index contributed by atoms with van der Waals surface area (Å²) >= 11 is 0. The van der Waals surface area contributed by atoms with Gasteiger partial charge in [0.25, 0.3) is 0 Å². The zero-order valence-corrected chi connectivity index (χ0v) is 18.0. The van der Waals surface area contributed by atoms with Gasteiger partial charge in [-0.05, 0) is 42.4 Å². The van der Waals surface area contributed by atoms with Crippen molar-refractivity contribution in [1.29, 1.82) is 0 Å². The molecule has 0 radical (unpaired) electrons. The standard InChI is InChI=1S/C23H28N2O4S/c1-29-16-30(27,28)24-21-12-13-25(23(26)19-10-11-19)22(21)15-17-6-5-9-20(14-17)18-7-3-2-4-8-18/h2-9,14,19,21-22,24H,10-13,15-16H2,1H3/t21-,22-/m1/s1. The lowest BCUT2D eigenvalue weighted by Crippen LogP contribution is -2.48. The fourth-order valence-corrected chi connectivity index (χ4v) is 5.37. The quantitative estimate of drug-likeness (QED) is 0.702. The van der Waals surface area contributed by atoms with Gasteiger partial charge in [-0.1, -0.05) is 54.6 Å². The van der Waals surface area contributed by atoms with Crippen LogP contribution in [-0.2, 0) is 26.0 Å². The molecule has 0 aromatic heterocycles. The molecule has 1 heterocycles. The van der Waals surface area contributed by atoms with E-state index in [4.69, 9.17) is 4.74 Å². The van der Waals surface area contributed by atoms with Gasteiger partial charge < -0.3 is 9.64 Å². The highest BCUT2D eigenvalue weighted by atomic mass is 32.2. The first-order valence-corrected chi connectivity index (χ1v) is 12.1. The van der Waals surface area contributed by atoms with Crippen molar-refractivity contribution in [1.82, 2.24) is 9.62 Å². The second-order valence-corrected chi connectivity index (χ2v) is 9.88. The third-order valence-electron chi connectivity index (χ3n) is 5.84. The zero-order valence-electron chi connectivity index (χ0n) is 17.2. The van der Waals surface area contributed by atoms with E-state index in [9.17, 15) is 13.2 Å². The maximum Gasteiger partial charge on any atom is 0.236 e. The summed E-state index contributed by atoms with van der Waals surface area (Å²) in [6, 6.07) is 17.9. The predicted octanol–water partition coefficient (Wildman–Crippen LogP) is 2.80. The Kier molecular flexibility index (Phi) is 6.22. The number of methoxy groups -OCH3 is 1. The van der Waals surface area contributed by atoms with E-state index in [2.05, 4.69) is 29.0 Å². The molecule has 7 heteroatoms. The summed E-state index contributed by atoms with van der Waals surface area (Å²) in [4.78, 5) is 14.8. The van der Waals surface area contributed by atoms with Gasteiger partial charge in [0.15, 0.2) is 5.94 Å². The van der Waals surface area contributed by atoms with Crippen molar-refractivity contribution < 1.29 is 17.9 Å². The number of likely N-dealkylation sites (tertiary alicyclic amines) is 1. The molecular formula is C23H28N2O4S. The van der Waals surface area contributed by atoms with Crippen molar-refractivity contribution in [2.24, 2.45) is 5.92 Å². The Bertz CT molecular complexity index is 989. The summed E-state index contributed by atoms with van der Waals surface area (Å²) in [5.74, 6) is -0.110. The third-order valence-corrected chi connectivity index (χ3v) is 7.05. The topological polar surface area (TPSA) is 75.7 Å². The number of nitrogens with zero attached hydrogens (tertiary/aromatic N) is 1. The van der Waals surface area contributed by atoms with E-state index in [0.29, 0.717) is 19.4 Å². The van der Waals surface area contributed by atoms with Crippen molar-refractivity contribution in [2.75, 3.05) is 19.6 Å². The van der Waals surface area contributed by atoms with Crippen LogP contribution in [0, 0.1) is 5.92 Å². The Hall–Kier alpha value is -2.22. The molecule has 2 atom stereocenters. The maximum absolute atomic E-state index is 12.9. The van der Waals surface area contributed by atoms with Crippen LogP contribution in [-0.4, -0.2) is 50.9 Å². The van der Waals surface area contributed by atoms with Gasteiger partial charge in [0, 0.05) is 25.6 Å². The van der Waals surface area contributed by atoms with Gasteiger partial charge in [-0.25, -0.2) is 13.1 Å². The van der Waals surface area contributed by atoms with E-state index >= 15 is 0 Å². The van der Waals surface area contributed by atoms with Crippen LogP contribution in [0.5, 0.6) is 0 Å². The normalized spacial score (nSPS) is 21.7. The molecule has 160 valence electrons. The summed E-state index contributed by atoms with van der Waals surface area (Å²) in [7, 11) is -2.19.